The van der Waals surface area contributed by atoms with E-state index in [1.54, 1.807) is 4.68 Å². The van der Waals surface area contributed by atoms with Crippen molar-refractivity contribution in [2.24, 2.45) is 7.05 Å². The number of nitrogens with one attached hydrogen (secondary N) is 2. The van der Waals surface area contributed by atoms with Crippen LogP contribution in [0.4, 0.5) is 4.79 Å². The number of aromatic nitrogens is 2. The lowest BCUT2D eigenvalue weighted by Crippen LogP contribution is -2.40. The topological polar surface area (TPSA) is 71.4 Å². The number of likely N-dealkylation sites (N-methyl/N-ethyl adjacent to an activating group) is 1. The van der Waals surface area contributed by atoms with Crippen LogP contribution >= 0.6 is 0 Å². The van der Waals surface area contributed by atoms with E-state index in [2.05, 4.69) is 20.6 Å². The van der Waals surface area contributed by atoms with Crippen molar-refractivity contribution in [1.29, 1.82) is 0 Å². The number of amides is 2. The molecule has 1 unspecified atom stereocenters. The van der Waals surface area contributed by atoms with Gasteiger partial charge in [-0.1, -0.05) is 18.2 Å². The Morgan fingerprint density at radius 2 is 2.08 bits per heavy atom. The van der Waals surface area contributed by atoms with Gasteiger partial charge in [0.15, 0.2) is 0 Å². The van der Waals surface area contributed by atoms with Crippen LogP contribution in [0, 0.1) is 0 Å². The fourth-order valence-electron chi connectivity index (χ4n) is 2.58. The SMILES string of the molecule is CCOc1ccccc1CNC(=O)NCC(c1cnn(C)c1)N(C)C. The molecule has 0 saturated carbocycles. The first-order chi connectivity index (χ1) is 12.0. The van der Waals surface area contributed by atoms with E-state index in [0.717, 1.165) is 16.9 Å². The summed E-state index contributed by atoms with van der Waals surface area (Å²) in [6.45, 7) is 3.45. The van der Waals surface area contributed by atoms with E-state index in [0.29, 0.717) is 19.7 Å². The summed E-state index contributed by atoms with van der Waals surface area (Å²) in [5, 5.41) is 10.0. The summed E-state index contributed by atoms with van der Waals surface area (Å²) in [6, 6.07) is 7.57. The van der Waals surface area contributed by atoms with Gasteiger partial charge in [-0.2, -0.15) is 5.10 Å². The molecule has 1 heterocycles. The van der Waals surface area contributed by atoms with Crippen molar-refractivity contribution < 1.29 is 9.53 Å². The summed E-state index contributed by atoms with van der Waals surface area (Å²) in [7, 11) is 5.84. The second-order valence-electron chi connectivity index (χ2n) is 6.03. The van der Waals surface area contributed by atoms with Gasteiger partial charge in [-0.25, -0.2) is 4.79 Å². The Morgan fingerprint density at radius 3 is 2.72 bits per heavy atom. The molecule has 7 heteroatoms. The monoisotopic (exact) mass is 345 g/mol. The summed E-state index contributed by atoms with van der Waals surface area (Å²) in [4.78, 5) is 14.2. The predicted molar refractivity (Wildman–Crippen MR) is 97.5 cm³/mol. The number of para-hydroxylation sites is 1. The Labute approximate surface area is 149 Å². The van der Waals surface area contributed by atoms with Crippen LogP contribution in [0.3, 0.4) is 0 Å². The smallest absolute Gasteiger partial charge is 0.315 e. The van der Waals surface area contributed by atoms with Crippen LogP contribution in [-0.2, 0) is 13.6 Å². The Bertz CT molecular complexity index is 684. The van der Waals surface area contributed by atoms with Crippen molar-refractivity contribution in [1.82, 2.24) is 25.3 Å². The van der Waals surface area contributed by atoms with Crippen molar-refractivity contribution in [3.05, 3.63) is 47.8 Å². The quantitative estimate of drug-likeness (QED) is 0.767. The number of urea groups is 1. The summed E-state index contributed by atoms with van der Waals surface area (Å²) < 4.78 is 7.33. The van der Waals surface area contributed by atoms with Crippen LogP contribution in [0.1, 0.15) is 24.1 Å². The maximum Gasteiger partial charge on any atom is 0.315 e. The highest BCUT2D eigenvalue weighted by atomic mass is 16.5. The number of rotatable bonds is 8. The molecule has 2 rings (SSSR count). The molecular weight excluding hydrogens is 318 g/mol. The van der Waals surface area contributed by atoms with Gasteiger partial charge in [0.25, 0.3) is 0 Å². The molecular formula is C18H27N5O2. The molecule has 0 aliphatic heterocycles. The Kier molecular flexibility index (Phi) is 6.82. The van der Waals surface area contributed by atoms with Crippen molar-refractivity contribution in [3.63, 3.8) is 0 Å². The number of ether oxygens (including phenoxy) is 1. The molecule has 1 aromatic heterocycles. The zero-order valence-corrected chi connectivity index (χ0v) is 15.3. The maximum atomic E-state index is 12.1. The Morgan fingerprint density at radius 1 is 1.32 bits per heavy atom. The van der Waals surface area contributed by atoms with Gasteiger partial charge in [0.2, 0.25) is 0 Å². The van der Waals surface area contributed by atoms with Crippen LogP contribution < -0.4 is 15.4 Å². The lowest BCUT2D eigenvalue weighted by atomic mass is 10.1. The van der Waals surface area contributed by atoms with E-state index in [1.807, 2.05) is 64.7 Å². The van der Waals surface area contributed by atoms with E-state index >= 15 is 0 Å². The van der Waals surface area contributed by atoms with Crippen LogP contribution in [0.15, 0.2) is 36.7 Å². The van der Waals surface area contributed by atoms with Crippen molar-refractivity contribution in [3.8, 4) is 5.75 Å². The molecule has 0 fully saturated rings. The molecule has 25 heavy (non-hydrogen) atoms. The Hall–Kier alpha value is -2.54. The number of aryl methyl sites for hydroxylation is 1. The fourth-order valence-corrected chi connectivity index (χ4v) is 2.58. The van der Waals surface area contributed by atoms with Crippen LogP contribution in [0.25, 0.3) is 0 Å². The molecule has 0 aliphatic rings. The van der Waals surface area contributed by atoms with Gasteiger partial charge in [0.05, 0.1) is 18.8 Å². The van der Waals surface area contributed by atoms with Gasteiger partial charge in [0.1, 0.15) is 5.75 Å². The lowest BCUT2D eigenvalue weighted by Gasteiger charge is -2.23. The average Bonchev–Trinajstić information content (AvgIpc) is 3.00. The highest BCUT2D eigenvalue weighted by Gasteiger charge is 2.17. The van der Waals surface area contributed by atoms with Gasteiger partial charge in [-0.15, -0.1) is 0 Å². The zero-order valence-electron chi connectivity index (χ0n) is 15.3. The van der Waals surface area contributed by atoms with E-state index in [-0.39, 0.29) is 12.1 Å². The number of hydrogen-bond donors (Lipinski definition) is 2. The van der Waals surface area contributed by atoms with E-state index in [1.165, 1.54) is 0 Å². The number of benzene rings is 1. The molecule has 0 aliphatic carbocycles. The van der Waals surface area contributed by atoms with Gasteiger partial charge < -0.3 is 20.3 Å². The normalized spacial score (nSPS) is 12.0. The van der Waals surface area contributed by atoms with Gasteiger partial charge in [-0.05, 0) is 27.1 Å². The Balaban J connectivity index is 1.87. The summed E-state index contributed by atoms with van der Waals surface area (Å²) in [5.41, 5.74) is 2.02. The molecule has 2 aromatic rings. The number of carbonyl (C=O) groups excluding carboxylic acids is 1. The maximum absolute atomic E-state index is 12.1. The number of hydrogen-bond acceptors (Lipinski definition) is 4. The summed E-state index contributed by atoms with van der Waals surface area (Å²) in [5.74, 6) is 0.798. The van der Waals surface area contributed by atoms with Crippen LogP contribution in [0.5, 0.6) is 5.75 Å². The molecule has 0 saturated heterocycles. The first-order valence-corrected chi connectivity index (χ1v) is 8.38. The minimum atomic E-state index is -0.206. The number of carbonyl (C=O) groups is 1. The van der Waals surface area contributed by atoms with E-state index in [4.69, 9.17) is 4.74 Å². The molecule has 1 atom stereocenters. The van der Waals surface area contributed by atoms with E-state index in [9.17, 15) is 4.79 Å². The second-order valence-corrected chi connectivity index (χ2v) is 6.03. The minimum absolute atomic E-state index is 0.0650. The van der Waals surface area contributed by atoms with Gasteiger partial charge >= 0.3 is 6.03 Å². The molecule has 2 N–H and O–H groups in total. The zero-order chi connectivity index (χ0) is 18.2. The molecule has 1 aromatic carbocycles. The summed E-state index contributed by atoms with van der Waals surface area (Å²) in [6.07, 6.45) is 3.78. The molecule has 0 bridgehead atoms. The minimum Gasteiger partial charge on any atom is -0.494 e. The highest BCUT2D eigenvalue weighted by molar-refractivity contribution is 5.74. The third kappa shape index (κ3) is 5.49. The predicted octanol–water partition coefficient (Wildman–Crippen LogP) is 1.92. The largest absolute Gasteiger partial charge is 0.494 e. The first-order valence-electron chi connectivity index (χ1n) is 8.38. The highest BCUT2D eigenvalue weighted by Crippen LogP contribution is 2.18. The van der Waals surface area contributed by atoms with Gasteiger partial charge in [-0.3, -0.25) is 4.68 Å². The van der Waals surface area contributed by atoms with E-state index < -0.39 is 0 Å². The van der Waals surface area contributed by atoms with Crippen molar-refractivity contribution in [2.45, 2.75) is 19.5 Å². The molecule has 7 nitrogen and oxygen atoms in total. The van der Waals surface area contributed by atoms with Gasteiger partial charge in [0, 0.05) is 37.5 Å². The number of nitrogens with zero attached hydrogens (tertiary/aromatic N) is 3. The standard InChI is InChI=1S/C18H27N5O2/c1-5-25-17-9-7-6-8-14(17)10-19-18(24)20-12-16(22(2)3)15-11-21-23(4)13-15/h6-9,11,13,16H,5,10,12H2,1-4H3,(H2,19,20,24). The second kappa shape index (κ2) is 9.08. The fraction of sp³-hybridized carbons (Fsp3) is 0.444. The third-order valence-electron chi connectivity index (χ3n) is 3.90. The third-order valence-corrected chi connectivity index (χ3v) is 3.90. The molecule has 2 amide bonds. The van der Waals surface area contributed by atoms with Crippen molar-refractivity contribution >= 4 is 6.03 Å². The molecule has 136 valence electrons. The average molecular weight is 345 g/mol. The molecule has 0 radical (unpaired) electrons. The van der Waals surface area contributed by atoms with Crippen molar-refractivity contribution in [2.75, 3.05) is 27.2 Å². The lowest BCUT2D eigenvalue weighted by molar-refractivity contribution is 0.232. The van der Waals surface area contributed by atoms with Crippen LogP contribution in [0.2, 0.25) is 0 Å². The summed E-state index contributed by atoms with van der Waals surface area (Å²) >= 11 is 0. The molecule has 0 spiro atoms. The first kappa shape index (κ1) is 18.8. The van der Waals surface area contributed by atoms with Crippen LogP contribution in [-0.4, -0.2) is 48.0 Å².